The molecule has 0 radical (unpaired) electrons. The van der Waals surface area contributed by atoms with Crippen LogP contribution in [0, 0.1) is 6.92 Å². The normalized spacial score (nSPS) is 13.5. The van der Waals surface area contributed by atoms with Gasteiger partial charge in [-0.25, -0.2) is 0 Å². The van der Waals surface area contributed by atoms with E-state index in [2.05, 4.69) is 15.5 Å². The largest absolute Gasteiger partial charge is 0.457 e. The molecule has 0 bridgehead atoms. The summed E-state index contributed by atoms with van der Waals surface area (Å²) in [5.74, 6) is 2.48. The molecule has 1 aromatic heterocycles. The van der Waals surface area contributed by atoms with Crippen molar-refractivity contribution in [3.63, 3.8) is 0 Å². The number of hydrogen-bond acceptors (Lipinski definition) is 3. The van der Waals surface area contributed by atoms with Gasteiger partial charge in [0.1, 0.15) is 17.3 Å². The summed E-state index contributed by atoms with van der Waals surface area (Å²) >= 11 is 0. The first-order chi connectivity index (χ1) is 12.2. The Labute approximate surface area is 146 Å². The fraction of sp³-hybridized carbons (Fsp3) is 0.200. The number of H-pyrrole nitrogens is 1. The summed E-state index contributed by atoms with van der Waals surface area (Å²) in [4.78, 5) is 12.3. The molecule has 0 atom stereocenters. The van der Waals surface area contributed by atoms with E-state index in [1.165, 1.54) is 18.4 Å². The van der Waals surface area contributed by atoms with E-state index in [1.54, 1.807) is 24.3 Å². The molecule has 0 spiro atoms. The van der Waals surface area contributed by atoms with E-state index in [1.807, 2.05) is 37.3 Å². The first-order valence-electron chi connectivity index (χ1n) is 8.38. The first kappa shape index (κ1) is 15.4. The Morgan fingerprint density at radius 2 is 1.72 bits per heavy atom. The first-order valence-corrected chi connectivity index (χ1v) is 8.38. The van der Waals surface area contributed by atoms with Crippen molar-refractivity contribution < 1.29 is 9.53 Å². The van der Waals surface area contributed by atoms with Crippen LogP contribution >= 0.6 is 0 Å². The summed E-state index contributed by atoms with van der Waals surface area (Å²) < 4.78 is 5.78. The van der Waals surface area contributed by atoms with E-state index in [0.29, 0.717) is 23.0 Å². The minimum Gasteiger partial charge on any atom is -0.457 e. The molecule has 3 aromatic rings. The van der Waals surface area contributed by atoms with Crippen LogP contribution in [0.3, 0.4) is 0 Å². The van der Waals surface area contributed by atoms with Crippen molar-refractivity contribution in [1.82, 2.24) is 10.2 Å². The van der Waals surface area contributed by atoms with Crippen molar-refractivity contribution in [2.45, 2.75) is 25.7 Å². The summed E-state index contributed by atoms with van der Waals surface area (Å²) in [5.41, 5.74) is 2.78. The number of carbonyl (C=O) groups is 1. The van der Waals surface area contributed by atoms with Crippen LogP contribution < -0.4 is 10.1 Å². The van der Waals surface area contributed by atoms with Gasteiger partial charge in [-0.05, 0) is 56.2 Å². The number of aryl methyl sites for hydroxylation is 1. The molecule has 1 aliphatic rings. The van der Waals surface area contributed by atoms with Crippen LogP contribution in [0.1, 0.15) is 40.4 Å². The average molecular weight is 333 g/mol. The molecule has 5 heteroatoms. The van der Waals surface area contributed by atoms with Crippen molar-refractivity contribution in [3.8, 4) is 11.5 Å². The van der Waals surface area contributed by atoms with Crippen molar-refractivity contribution in [1.29, 1.82) is 0 Å². The topological polar surface area (TPSA) is 67.0 Å². The Morgan fingerprint density at radius 3 is 2.36 bits per heavy atom. The third-order valence-electron chi connectivity index (χ3n) is 4.21. The Balaban J connectivity index is 1.40. The molecule has 1 amide bonds. The summed E-state index contributed by atoms with van der Waals surface area (Å²) in [6.45, 7) is 2.03. The van der Waals surface area contributed by atoms with Gasteiger partial charge < -0.3 is 10.1 Å². The molecule has 5 nitrogen and oxygen atoms in total. The van der Waals surface area contributed by atoms with Gasteiger partial charge in [0, 0.05) is 17.5 Å². The van der Waals surface area contributed by atoms with E-state index in [4.69, 9.17) is 4.74 Å². The van der Waals surface area contributed by atoms with E-state index >= 15 is 0 Å². The Morgan fingerprint density at radius 1 is 1.08 bits per heavy atom. The molecular weight excluding hydrogens is 314 g/mol. The fourth-order valence-electron chi connectivity index (χ4n) is 2.60. The Hall–Kier alpha value is -3.08. The molecule has 0 aliphatic heterocycles. The molecular formula is C20H19N3O2. The van der Waals surface area contributed by atoms with Crippen LogP contribution in [0.25, 0.3) is 0 Å². The minimum atomic E-state index is -0.173. The van der Waals surface area contributed by atoms with Gasteiger partial charge in [0.2, 0.25) is 0 Å². The van der Waals surface area contributed by atoms with Crippen LogP contribution in [-0.4, -0.2) is 16.1 Å². The predicted molar refractivity (Wildman–Crippen MR) is 96.2 cm³/mol. The lowest BCUT2D eigenvalue weighted by Gasteiger charge is -2.07. The summed E-state index contributed by atoms with van der Waals surface area (Å²) in [6.07, 6.45) is 2.36. The zero-order valence-electron chi connectivity index (χ0n) is 14.0. The second-order valence-corrected chi connectivity index (χ2v) is 6.37. The fourth-order valence-corrected chi connectivity index (χ4v) is 2.60. The van der Waals surface area contributed by atoms with Crippen molar-refractivity contribution in [2.75, 3.05) is 5.32 Å². The number of carbonyl (C=O) groups excluding carboxylic acids is 1. The van der Waals surface area contributed by atoms with Gasteiger partial charge in [-0.15, -0.1) is 0 Å². The maximum atomic E-state index is 12.3. The summed E-state index contributed by atoms with van der Waals surface area (Å²) in [7, 11) is 0. The number of anilines is 1. The van der Waals surface area contributed by atoms with Gasteiger partial charge in [0.05, 0.1) is 5.69 Å². The number of ether oxygens (including phenoxy) is 1. The number of benzene rings is 2. The van der Waals surface area contributed by atoms with E-state index in [-0.39, 0.29) is 5.91 Å². The van der Waals surface area contributed by atoms with E-state index in [0.717, 1.165) is 11.4 Å². The SMILES string of the molecule is Cc1ccc(Oc2ccc(C(=O)Nc3cc(C4CC4)n[nH]3)cc2)cc1. The Kier molecular flexibility index (Phi) is 3.98. The third kappa shape index (κ3) is 3.71. The highest BCUT2D eigenvalue weighted by atomic mass is 16.5. The summed E-state index contributed by atoms with van der Waals surface area (Å²) in [5, 5.41) is 9.94. The number of amides is 1. The van der Waals surface area contributed by atoms with Crippen LogP contribution in [0.4, 0.5) is 5.82 Å². The monoisotopic (exact) mass is 333 g/mol. The average Bonchev–Trinajstić information content (AvgIpc) is 3.37. The predicted octanol–water partition coefficient (Wildman–Crippen LogP) is 4.64. The maximum Gasteiger partial charge on any atom is 0.256 e. The smallest absolute Gasteiger partial charge is 0.256 e. The lowest BCUT2D eigenvalue weighted by molar-refractivity contribution is 0.102. The van der Waals surface area contributed by atoms with Crippen molar-refractivity contribution in [3.05, 3.63) is 71.4 Å². The van der Waals surface area contributed by atoms with Gasteiger partial charge in [0.15, 0.2) is 0 Å². The van der Waals surface area contributed by atoms with Gasteiger partial charge in [-0.2, -0.15) is 5.10 Å². The van der Waals surface area contributed by atoms with Crippen molar-refractivity contribution in [2.24, 2.45) is 0 Å². The lowest BCUT2D eigenvalue weighted by atomic mass is 10.2. The number of rotatable bonds is 5. The van der Waals surface area contributed by atoms with Gasteiger partial charge in [0.25, 0.3) is 5.91 Å². The number of nitrogens with zero attached hydrogens (tertiary/aromatic N) is 1. The lowest BCUT2D eigenvalue weighted by Crippen LogP contribution is -2.11. The minimum absolute atomic E-state index is 0.173. The van der Waals surface area contributed by atoms with Gasteiger partial charge in [-0.3, -0.25) is 9.89 Å². The number of nitrogens with one attached hydrogen (secondary N) is 2. The molecule has 1 saturated carbocycles. The highest BCUT2D eigenvalue weighted by molar-refractivity contribution is 6.03. The van der Waals surface area contributed by atoms with Crippen LogP contribution in [0.5, 0.6) is 11.5 Å². The number of aromatic amines is 1. The molecule has 0 unspecified atom stereocenters. The molecule has 2 N–H and O–H groups in total. The van der Waals surface area contributed by atoms with E-state index in [9.17, 15) is 4.79 Å². The molecule has 0 saturated heterocycles. The molecule has 2 aromatic carbocycles. The van der Waals surface area contributed by atoms with Gasteiger partial charge in [-0.1, -0.05) is 17.7 Å². The van der Waals surface area contributed by atoms with Crippen molar-refractivity contribution >= 4 is 11.7 Å². The molecule has 25 heavy (non-hydrogen) atoms. The second-order valence-electron chi connectivity index (χ2n) is 6.37. The van der Waals surface area contributed by atoms with Crippen LogP contribution in [-0.2, 0) is 0 Å². The molecule has 1 heterocycles. The third-order valence-corrected chi connectivity index (χ3v) is 4.21. The maximum absolute atomic E-state index is 12.3. The second kappa shape index (κ2) is 6.43. The zero-order chi connectivity index (χ0) is 17.2. The molecule has 1 fully saturated rings. The number of aromatic nitrogens is 2. The molecule has 1 aliphatic carbocycles. The highest BCUT2D eigenvalue weighted by Gasteiger charge is 2.26. The van der Waals surface area contributed by atoms with E-state index < -0.39 is 0 Å². The van der Waals surface area contributed by atoms with Gasteiger partial charge >= 0.3 is 0 Å². The zero-order valence-corrected chi connectivity index (χ0v) is 14.0. The Bertz CT molecular complexity index is 878. The highest BCUT2D eigenvalue weighted by Crippen LogP contribution is 2.39. The number of hydrogen-bond donors (Lipinski definition) is 2. The van der Waals surface area contributed by atoms with Crippen LogP contribution in [0.2, 0.25) is 0 Å². The van der Waals surface area contributed by atoms with Crippen LogP contribution in [0.15, 0.2) is 54.6 Å². The molecule has 4 rings (SSSR count). The molecule has 126 valence electrons. The summed E-state index contributed by atoms with van der Waals surface area (Å²) in [6, 6.07) is 16.8. The quantitative estimate of drug-likeness (QED) is 0.715. The standard InChI is InChI=1S/C20H19N3O2/c1-13-2-8-16(9-3-13)25-17-10-6-15(7-11-17)20(24)21-19-12-18(22-23-19)14-4-5-14/h2-3,6-12,14H,4-5H2,1H3,(H2,21,22,23,24).